The van der Waals surface area contributed by atoms with Gasteiger partial charge >= 0.3 is 17.9 Å². The maximum atomic E-state index is 12.9. The molecule has 1 atom stereocenters. The van der Waals surface area contributed by atoms with E-state index in [0.29, 0.717) is 19.3 Å². The molecule has 0 radical (unpaired) electrons. The van der Waals surface area contributed by atoms with Gasteiger partial charge in [-0.2, -0.15) is 0 Å². The van der Waals surface area contributed by atoms with Crippen LogP contribution in [0, 0.1) is 0 Å². The van der Waals surface area contributed by atoms with Gasteiger partial charge in [0.25, 0.3) is 0 Å². The number of unbranched alkanes of at least 4 members (excludes halogenated alkanes) is 23. The maximum absolute atomic E-state index is 12.9. The largest absolute Gasteiger partial charge is 0.462 e. The van der Waals surface area contributed by atoms with Crippen LogP contribution in [0.4, 0.5) is 0 Å². The molecule has 0 aliphatic rings. The molecule has 1 unspecified atom stereocenters. The number of ether oxygens (including phenoxy) is 3. The Morgan fingerprint density at radius 2 is 0.500 bits per heavy atom. The Hall–Kier alpha value is -4.71. The average Bonchev–Trinajstić information content (AvgIpc) is 3.46. The number of allylic oxidation sites excluding steroid dienone is 24. The fraction of sp³-hybridized carbons (Fsp3) is 0.635. The van der Waals surface area contributed by atoms with E-state index in [1.54, 1.807) is 0 Å². The van der Waals surface area contributed by atoms with E-state index >= 15 is 0 Å². The van der Waals surface area contributed by atoms with Gasteiger partial charge in [0.2, 0.25) is 0 Å². The lowest BCUT2D eigenvalue weighted by Crippen LogP contribution is -2.30. The van der Waals surface area contributed by atoms with E-state index in [0.717, 1.165) is 122 Å². The highest BCUT2D eigenvalue weighted by Crippen LogP contribution is 2.15. The van der Waals surface area contributed by atoms with Crippen LogP contribution in [0.1, 0.15) is 284 Å². The average molecular weight is 1110 g/mol. The number of esters is 3. The van der Waals surface area contributed by atoms with Crippen LogP contribution in [0.25, 0.3) is 0 Å². The monoisotopic (exact) mass is 1100 g/mol. The molecule has 0 N–H and O–H groups in total. The molecule has 80 heavy (non-hydrogen) atoms. The Bertz CT molecular complexity index is 1750. The number of rotatable bonds is 58. The first-order valence-corrected chi connectivity index (χ1v) is 32.8. The zero-order chi connectivity index (χ0) is 57.8. The molecule has 0 rings (SSSR count). The molecule has 452 valence electrons. The van der Waals surface area contributed by atoms with Gasteiger partial charge < -0.3 is 14.2 Å². The minimum absolute atomic E-state index is 0.106. The third-order valence-electron chi connectivity index (χ3n) is 13.5. The topological polar surface area (TPSA) is 78.9 Å². The van der Waals surface area contributed by atoms with Gasteiger partial charge in [-0.1, -0.05) is 269 Å². The van der Waals surface area contributed by atoms with Crippen molar-refractivity contribution in [2.75, 3.05) is 13.2 Å². The predicted molar refractivity (Wildman–Crippen MR) is 348 cm³/mol. The van der Waals surface area contributed by atoms with Gasteiger partial charge in [-0.25, -0.2) is 0 Å². The molecule has 0 aliphatic carbocycles. The number of carbonyl (C=O) groups is 3. The molecule has 0 spiro atoms. The second kappa shape index (κ2) is 66.8. The number of hydrogen-bond donors (Lipinski definition) is 0. The highest BCUT2D eigenvalue weighted by atomic mass is 16.6. The molecule has 0 fully saturated rings. The summed E-state index contributed by atoms with van der Waals surface area (Å²) in [4.78, 5) is 38.3. The molecule has 0 bridgehead atoms. The molecule has 0 aromatic heterocycles. The molecule has 0 saturated carbocycles. The van der Waals surface area contributed by atoms with Crippen molar-refractivity contribution in [3.63, 3.8) is 0 Å². The van der Waals surface area contributed by atoms with E-state index in [-0.39, 0.29) is 37.5 Å². The third kappa shape index (κ3) is 64.1. The van der Waals surface area contributed by atoms with Crippen molar-refractivity contribution in [2.24, 2.45) is 0 Å². The van der Waals surface area contributed by atoms with Gasteiger partial charge in [-0.3, -0.25) is 14.4 Å². The standard InChI is InChI=1S/C74H120O6/c1-4-7-10-13-16-19-22-25-27-29-31-33-34-35-36-37-38-39-40-42-43-45-47-49-52-55-58-61-64-67-73(76)79-70-71(69-78-72(75)66-63-60-57-54-51-24-21-18-15-12-9-6-3)80-74(77)68-65-62-59-56-53-50-48-46-44-41-32-30-28-26-23-20-17-14-11-8-5-2/h7,10,16,18-19,21,23,25-27,30-33,35-36,38-39,42-43,47,49,55,58,71H,4-6,8-9,11-15,17,20,22,24,28-29,34,37,40-41,44-46,48,50-54,56-57,59-70H2,1-3H3/b10-7-,19-16-,21-18-,26-23-,27-25-,32-30-,33-31-,36-35-,39-38-,43-42-,49-47-,58-55-. The van der Waals surface area contributed by atoms with Crippen LogP contribution in [0.2, 0.25) is 0 Å². The summed E-state index contributed by atoms with van der Waals surface area (Å²) >= 11 is 0. The highest BCUT2D eigenvalue weighted by Gasteiger charge is 2.19. The normalized spacial score (nSPS) is 13.1. The van der Waals surface area contributed by atoms with Gasteiger partial charge in [-0.15, -0.1) is 0 Å². The van der Waals surface area contributed by atoms with Crippen LogP contribution < -0.4 is 0 Å². The molecule has 0 saturated heterocycles. The lowest BCUT2D eigenvalue weighted by molar-refractivity contribution is -0.167. The molecule has 0 heterocycles. The fourth-order valence-corrected chi connectivity index (χ4v) is 8.65. The van der Waals surface area contributed by atoms with E-state index in [2.05, 4.69) is 167 Å². The minimum atomic E-state index is -0.814. The van der Waals surface area contributed by atoms with Crippen molar-refractivity contribution in [3.05, 3.63) is 146 Å². The van der Waals surface area contributed by atoms with Crippen molar-refractivity contribution in [1.82, 2.24) is 0 Å². The summed E-state index contributed by atoms with van der Waals surface area (Å²) in [6.07, 6.45) is 95.7. The van der Waals surface area contributed by atoms with Gasteiger partial charge in [0.1, 0.15) is 13.2 Å². The molecule has 0 aromatic rings. The lowest BCUT2D eigenvalue weighted by atomic mass is 10.1. The molecule has 6 nitrogen and oxygen atoms in total. The summed E-state index contributed by atoms with van der Waals surface area (Å²) in [5, 5.41) is 0. The van der Waals surface area contributed by atoms with Crippen molar-refractivity contribution in [3.8, 4) is 0 Å². The van der Waals surface area contributed by atoms with Crippen LogP contribution in [0.5, 0.6) is 0 Å². The molecular formula is C74H120O6. The molecule has 0 aromatic carbocycles. The smallest absolute Gasteiger partial charge is 0.306 e. The van der Waals surface area contributed by atoms with Crippen molar-refractivity contribution < 1.29 is 28.6 Å². The Kier molecular flexibility index (Phi) is 62.9. The highest BCUT2D eigenvalue weighted by molar-refractivity contribution is 5.71. The third-order valence-corrected chi connectivity index (χ3v) is 13.5. The molecule has 6 heteroatoms. The van der Waals surface area contributed by atoms with E-state index < -0.39 is 6.10 Å². The minimum Gasteiger partial charge on any atom is -0.462 e. The van der Waals surface area contributed by atoms with Gasteiger partial charge in [-0.05, 0) is 141 Å². The van der Waals surface area contributed by atoms with Gasteiger partial charge in [0.05, 0.1) is 0 Å². The number of carbonyl (C=O) groups excluding carboxylic acids is 3. The zero-order valence-electron chi connectivity index (χ0n) is 51.8. The Labute approximate surface area is 493 Å². The van der Waals surface area contributed by atoms with Gasteiger partial charge in [0, 0.05) is 19.3 Å². The maximum Gasteiger partial charge on any atom is 0.306 e. The van der Waals surface area contributed by atoms with Crippen LogP contribution in [0.3, 0.4) is 0 Å². The van der Waals surface area contributed by atoms with Crippen LogP contribution in [-0.4, -0.2) is 37.2 Å². The summed E-state index contributed by atoms with van der Waals surface area (Å²) in [6.45, 7) is 6.44. The first-order chi connectivity index (χ1) is 39.5. The predicted octanol–water partition coefficient (Wildman–Crippen LogP) is 22.7. The zero-order valence-corrected chi connectivity index (χ0v) is 51.8. The molecule has 0 aliphatic heterocycles. The van der Waals surface area contributed by atoms with Gasteiger partial charge in [0.15, 0.2) is 6.10 Å². The second-order valence-corrected chi connectivity index (χ2v) is 21.3. The van der Waals surface area contributed by atoms with Crippen molar-refractivity contribution in [1.29, 1.82) is 0 Å². The summed E-state index contributed by atoms with van der Waals surface area (Å²) in [6, 6.07) is 0. The van der Waals surface area contributed by atoms with Crippen LogP contribution in [-0.2, 0) is 28.6 Å². The Balaban J connectivity index is 4.44. The van der Waals surface area contributed by atoms with Crippen molar-refractivity contribution >= 4 is 17.9 Å². The molecular weight excluding hydrogens is 985 g/mol. The molecule has 0 amide bonds. The SMILES string of the molecule is CC/C=C\C/C=C\C/C=C\C/C=C\C/C=C\C/C=C\C/C=C\C/C=C\C/C=C\CCCC(=O)OCC(COC(=O)CCCCCCC/C=C\CCCCC)OC(=O)CCCCCCCCCCC/C=C\C/C=C\CCCCCCC. The lowest BCUT2D eigenvalue weighted by Gasteiger charge is -2.18. The first kappa shape index (κ1) is 75.3. The Morgan fingerprint density at radius 1 is 0.263 bits per heavy atom. The first-order valence-electron chi connectivity index (χ1n) is 32.8. The van der Waals surface area contributed by atoms with E-state index in [9.17, 15) is 14.4 Å². The van der Waals surface area contributed by atoms with Crippen LogP contribution in [0.15, 0.2) is 146 Å². The summed E-state index contributed by atoms with van der Waals surface area (Å²) in [5.41, 5.74) is 0. The summed E-state index contributed by atoms with van der Waals surface area (Å²) < 4.78 is 16.9. The quantitative estimate of drug-likeness (QED) is 0.0261. The summed E-state index contributed by atoms with van der Waals surface area (Å²) in [5.74, 6) is -0.981. The Morgan fingerprint density at radius 3 is 0.850 bits per heavy atom. The van der Waals surface area contributed by atoms with E-state index in [4.69, 9.17) is 14.2 Å². The van der Waals surface area contributed by atoms with Crippen LogP contribution >= 0.6 is 0 Å². The second-order valence-electron chi connectivity index (χ2n) is 21.3. The van der Waals surface area contributed by atoms with Crippen molar-refractivity contribution in [2.45, 2.75) is 290 Å². The van der Waals surface area contributed by atoms with E-state index in [1.165, 1.54) is 116 Å². The van der Waals surface area contributed by atoms with E-state index in [1.807, 2.05) is 0 Å². The number of hydrogen-bond acceptors (Lipinski definition) is 6. The summed E-state index contributed by atoms with van der Waals surface area (Å²) in [7, 11) is 0. The fourth-order valence-electron chi connectivity index (χ4n) is 8.65.